The van der Waals surface area contributed by atoms with Crippen LogP contribution in [0.25, 0.3) is 0 Å². The summed E-state index contributed by atoms with van der Waals surface area (Å²) in [6.07, 6.45) is 1.98. The van der Waals surface area contributed by atoms with E-state index in [-0.39, 0.29) is 22.3 Å². The highest BCUT2D eigenvalue weighted by Crippen LogP contribution is 2.32. The maximum Gasteiger partial charge on any atom is 0.293 e. The number of hydrogen-bond donors (Lipinski definition) is 2. The summed E-state index contributed by atoms with van der Waals surface area (Å²) in [5, 5.41) is 17.5. The summed E-state index contributed by atoms with van der Waals surface area (Å²) in [5.41, 5.74) is 2.88. The van der Waals surface area contributed by atoms with Gasteiger partial charge in [-0.3, -0.25) is 25.0 Å². The minimum absolute atomic E-state index is 0.0178. The molecule has 0 saturated carbocycles. The van der Waals surface area contributed by atoms with Crippen LogP contribution in [0.4, 0.5) is 22.7 Å². The standard InChI is InChI=1S/C29H30N6O4S/c36-27(22-12-13-25(26(20-22)35(38)39)32-14-6-7-15-32)31-29(40)30-23-10-4-5-11-24(23)33-16-18-34(19-17-33)28(37)21-8-2-1-3-9-21/h1-5,8-13,20H,6-7,14-19H2,(H2,30,31,36,40). The van der Waals surface area contributed by atoms with E-state index in [1.807, 2.05) is 64.4 Å². The molecule has 0 atom stereocenters. The lowest BCUT2D eigenvalue weighted by atomic mass is 10.1. The van der Waals surface area contributed by atoms with Crippen LogP contribution in [0.3, 0.4) is 0 Å². The number of anilines is 3. The number of nitro groups is 1. The third-order valence-electron chi connectivity index (χ3n) is 7.19. The Morgan fingerprint density at radius 1 is 0.775 bits per heavy atom. The van der Waals surface area contributed by atoms with Gasteiger partial charge in [-0.2, -0.15) is 0 Å². The number of thiocarbonyl (C=S) groups is 1. The molecular formula is C29H30N6O4S. The summed E-state index contributed by atoms with van der Waals surface area (Å²) in [5.74, 6) is -0.511. The normalized spacial score (nSPS) is 15.1. The molecule has 11 heteroatoms. The molecule has 5 rings (SSSR count). The third kappa shape index (κ3) is 6.04. The van der Waals surface area contributed by atoms with Crippen LogP contribution < -0.4 is 20.4 Å². The molecule has 0 aliphatic carbocycles. The van der Waals surface area contributed by atoms with Crippen molar-refractivity contribution < 1.29 is 14.5 Å². The quantitative estimate of drug-likeness (QED) is 0.262. The second-order valence-electron chi connectivity index (χ2n) is 9.73. The summed E-state index contributed by atoms with van der Waals surface area (Å²) >= 11 is 5.42. The fourth-order valence-corrected chi connectivity index (χ4v) is 5.34. The average Bonchev–Trinajstić information content (AvgIpc) is 3.52. The molecular weight excluding hydrogens is 528 g/mol. The zero-order chi connectivity index (χ0) is 28.1. The van der Waals surface area contributed by atoms with Crippen molar-refractivity contribution in [2.75, 3.05) is 54.4 Å². The first-order valence-electron chi connectivity index (χ1n) is 13.2. The van der Waals surface area contributed by atoms with Crippen molar-refractivity contribution in [3.05, 3.63) is 94.0 Å². The average molecular weight is 559 g/mol. The maximum absolute atomic E-state index is 12.9. The zero-order valence-corrected chi connectivity index (χ0v) is 22.7. The molecule has 0 unspecified atom stereocenters. The van der Waals surface area contributed by atoms with Crippen LogP contribution in [0.1, 0.15) is 33.6 Å². The Labute approximate surface area is 237 Å². The van der Waals surface area contributed by atoms with E-state index in [4.69, 9.17) is 12.2 Å². The Kier molecular flexibility index (Phi) is 8.20. The summed E-state index contributed by atoms with van der Waals surface area (Å²) < 4.78 is 0. The van der Waals surface area contributed by atoms with Crippen molar-refractivity contribution in [3.8, 4) is 0 Å². The highest BCUT2D eigenvalue weighted by atomic mass is 32.1. The van der Waals surface area contributed by atoms with Crippen molar-refractivity contribution in [3.63, 3.8) is 0 Å². The van der Waals surface area contributed by atoms with E-state index >= 15 is 0 Å². The minimum atomic E-state index is -0.529. The SMILES string of the molecule is O=C(NC(=S)Nc1ccccc1N1CCN(C(=O)c2ccccc2)CC1)c1ccc(N2CCCC2)c([N+](=O)[O-])c1. The Morgan fingerprint density at radius 2 is 1.43 bits per heavy atom. The summed E-state index contributed by atoms with van der Waals surface area (Å²) in [6.45, 7) is 3.97. The van der Waals surface area contributed by atoms with Gasteiger partial charge < -0.3 is 20.0 Å². The van der Waals surface area contributed by atoms with Gasteiger partial charge in [0.1, 0.15) is 5.69 Å². The number of nitrogens with zero attached hydrogens (tertiary/aromatic N) is 4. The van der Waals surface area contributed by atoms with Crippen LogP contribution in [0.5, 0.6) is 0 Å². The molecule has 2 fully saturated rings. The van der Waals surface area contributed by atoms with Gasteiger partial charge in [-0.25, -0.2) is 0 Å². The smallest absolute Gasteiger partial charge is 0.293 e. The first kappa shape index (κ1) is 27.1. The molecule has 3 aromatic carbocycles. The second-order valence-corrected chi connectivity index (χ2v) is 10.1. The summed E-state index contributed by atoms with van der Waals surface area (Å²) in [7, 11) is 0. The number of hydrogen-bond acceptors (Lipinski definition) is 7. The van der Waals surface area contributed by atoms with E-state index in [0.717, 1.165) is 31.6 Å². The number of carbonyl (C=O) groups excluding carboxylic acids is 2. The first-order chi connectivity index (χ1) is 19.4. The number of rotatable bonds is 6. The summed E-state index contributed by atoms with van der Waals surface area (Å²) in [4.78, 5) is 43.0. The molecule has 0 spiro atoms. The Morgan fingerprint density at radius 3 is 2.12 bits per heavy atom. The molecule has 2 heterocycles. The molecule has 0 aromatic heterocycles. The molecule has 2 saturated heterocycles. The van der Waals surface area contributed by atoms with Crippen LogP contribution >= 0.6 is 12.2 Å². The number of benzene rings is 3. The van der Waals surface area contributed by atoms with Crippen LogP contribution in [0, 0.1) is 10.1 Å². The lowest BCUT2D eigenvalue weighted by Gasteiger charge is -2.37. The number of para-hydroxylation sites is 2. The van der Waals surface area contributed by atoms with Crippen molar-refractivity contribution in [2.45, 2.75) is 12.8 Å². The van der Waals surface area contributed by atoms with E-state index in [1.165, 1.54) is 6.07 Å². The van der Waals surface area contributed by atoms with Gasteiger partial charge in [0.15, 0.2) is 5.11 Å². The first-order valence-corrected chi connectivity index (χ1v) is 13.7. The molecule has 3 aromatic rings. The minimum Gasteiger partial charge on any atom is -0.366 e. The molecule has 0 radical (unpaired) electrons. The lowest BCUT2D eigenvalue weighted by molar-refractivity contribution is -0.384. The highest BCUT2D eigenvalue weighted by Gasteiger charge is 2.25. The summed E-state index contributed by atoms with van der Waals surface area (Å²) in [6, 6.07) is 21.4. The van der Waals surface area contributed by atoms with Crippen LogP contribution in [0.2, 0.25) is 0 Å². The van der Waals surface area contributed by atoms with Gasteiger partial charge in [0.2, 0.25) is 0 Å². The number of nitrogens with one attached hydrogen (secondary N) is 2. The van der Waals surface area contributed by atoms with E-state index in [2.05, 4.69) is 15.5 Å². The number of amides is 2. The molecule has 206 valence electrons. The van der Waals surface area contributed by atoms with Gasteiger partial charge in [0, 0.05) is 56.5 Å². The number of carbonyl (C=O) groups is 2. The second kappa shape index (κ2) is 12.1. The van der Waals surface area contributed by atoms with Crippen LogP contribution in [0.15, 0.2) is 72.8 Å². The van der Waals surface area contributed by atoms with E-state index in [9.17, 15) is 19.7 Å². The van der Waals surface area contributed by atoms with Gasteiger partial charge in [0.25, 0.3) is 17.5 Å². The molecule has 0 bridgehead atoms. The topological polar surface area (TPSA) is 111 Å². The Bertz CT molecular complexity index is 1420. The number of nitro benzene ring substituents is 1. The van der Waals surface area contributed by atoms with Gasteiger partial charge in [-0.05, 0) is 61.5 Å². The van der Waals surface area contributed by atoms with Gasteiger partial charge >= 0.3 is 0 Å². The molecule has 10 nitrogen and oxygen atoms in total. The monoisotopic (exact) mass is 558 g/mol. The molecule has 40 heavy (non-hydrogen) atoms. The van der Waals surface area contributed by atoms with Crippen molar-refractivity contribution in [1.82, 2.24) is 10.2 Å². The van der Waals surface area contributed by atoms with Crippen molar-refractivity contribution in [2.24, 2.45) is 0 Å². The Balaban J connectivity index is 1.22. The van der Waals surface area contributed by atoms with Crippen LogP contribution in [-0.4, -0.2) is 66.0 Å². The zero-order valence-electron chi connectivity index (χ0n) is 21.9. The van der Waals surface area contributed by atoms with E-state index in [0.29, 0.717) is 43.1 Å². The largest absolute Gasteiger partial charge is 0.366 e. The fourth-order valence-electron chi connectivity index (χ4n) is 5.13. The highest BCUT2D eigenvalue weighted by molar-refractivity contribution is 7.80. The third-order valence-corrected chi connectivity index (χ3v) is 7.39. The predicted octanol–water partition coefficient (Wildman–Crippen LogP) is 4.28. The predicted molar refractivity (Wildman–Crippen MR) is 159 cm³/mol. The molecule has 2 amide bonds. The van der Waals surface area contributed by atoms with Crippen molar-refractivity contribution >= 4 is 51.9 Å². The van der Waals surface area contributed by atoms with Gasteiger partial charge in [0.05, 0.1) is 16.3 Å². The molecule has 2 N–H and O–H groups in total. The molecule has 2 aliphatic heterocycles. The fraction of sp³-hybridized carbons (Fsp3) is 0.276. The van der Waals surface area contributed by atoms with Gasteiger partial charge in [-0.1, -0.05) is 30.3 Å². The van der Waals surface area contributed by atoms with Crippen molar-refractivity contribution in [1.29, 1.82) is 0 Å². The maximum atomic E-state index is 12.9. The van der Waals surface area contributed by atoms with E-state index in [1.54, 1.807) is 12.1 Å². The molecule has 2 aliphatic rings. The van der Waals surface area contributed by atoms with E-state index < -0.39 is 10.8 Å². The lowest BCUT2D eigenvalue weighted by Crippen LogP contribution is -2.49. The van der Waals surface area contributed by atoms with Crippen LogP contribution in [-0.2, 0) is 0 Å². The Hall–Kier alpha value is -4.51. The number of piperazine rings is 1. The van der Waals surface area contributed by atoms with Gasteiger partial charge in [-0.15, -0.1) is 0 Å².